The predicted octanol–water partition coefficient (Wildman–Crippen LogP) is 3.51. The molecule has 7 nitrogen and oxygen atoms in total. The molecule has 1 heterocycles. The smallest absolute Gasteiger partial charge is 0.348 e. The molecule has 1 fully saturated rings. The Morgan fingerprint density at radius 3 is 2.09 bits per heavy atom. The van der Waals surface area contributed by atoms with Gasteiger partial charge in [-0.15, -0.1) is 0 Å². The molecular formula is C21H22F3NO6S. The van der Waals surface area contributed by atoms with E-state index in [-0.39, 0.29) is 23.0 Å². The van der Waals surface area contributed by atoms with Gasteiger partial charge in [0.1, 0.15) is 12.1 Å². The fraction of sp³-hybridized carbons (Fsp3) is 0.381. The number of nitrogens with zero attached hydrogens (tertiary/aromatic N) is 1. The number of benzene rings is 2. The molecule has 1 saturated heterocycles. The van der Waals surface area contributed by atoms with E-state index in [0.717, 1.165) is 12.1 Å². The Morgan fingerprint density at radius 2 is 1.66 bits per heavy atom. The molecule has 1 N–H and O–H groups in total. The molecule has 2 aromatic carbocycles. The van der Waals surface area contributed by atoms with Crippen LogP contribution in [0.5, 0.6) is 0 Å². The van der Waals surface area contributed by atoms with Gasteiger partial charge in [-0.1, -0.05) is 24.3 Å². The summed E-state index contributed by atoms with van der Waals surface area (Å²) in [6.07, 6.45) is -5.21. The van der Waals surface area contributed by atoms with E-state index >= 15 is 0 Å². The highest BCUT2D eigenvalue weighted by atomic mass is 32.2. The molecule has 0 aromatic heterocycles. The summed E-state index contributed by atoms with van der Waals surface area (Å²) in [5.74, 6) is -1.61. The highest BCUT2D eigenvalue weighted by Crippen LogP contribution is 2.32. The van der Waals surface area contributed by atoms with Gasteiger partial charge in [0.2, 0.25) is 6.41 Å². The molecule has 0 radical (unpaired) electrons. The average molecular weight is 473 g/mol. The van der Waals surface area contributed by atoms with E-state index in [4.69, 9.17) is 9.47 Å². The summed E-state index contributed by atoms with van der Waals surface area (Å²) in [5.41, 5.74) is 0.234. The van der Waals surface area contributed by atoms with Crippen molar-refractivity contribution in [1.82, 2.24) is 5.06 Å². The zero-order valence-corrected chi connectivity index (χ0v) is 18.1. The molecule has 2 aromatic rings. The Hall–Kier alpha value is -2.47. The van der Waals surface area contributed by atoms with Gasteiger partial charge in [0.05, 0.1) is 22.8 Å². The van der Waals surface area contributed by atoms with E-state index in [2.05, 4.69) is 0 Å². The number of hydrogen-bond acceptors (Lipinski definition) is 6. The molecule has 0 spiro atoms. The van der Waals surface area contributed by atoms with Crippen LogP contribution in [0.1, 0.15) is 19.4 Å². The highest BCUT2D eigenvalue weighted by molar-refractivity contribution is 7.91. The Morgan fingerprint density at radius 1 is 1.12 bits per heavy atom. The summed E-state index contributed by atoms with van der Waals surface area (Å²) in [6.45, 7) is 3.24. The summed E-state index contributed by atoms with van der Waals surface area (Å²) in [7, 11) is -3.96. The average Bonchev–Trinajstić information content (AvgIpc) is 3.10. The van der Waals surface area contributed by atoms with E-state index in [9.17, 15) is 31.6 Å². The summed E-state index contributed by atoms with van der Waals surface area (Å²) >= 11 is 0. The first kappa shape index (κ1) is 24.2. The summed E-state index contributed by atoms with van der Waals surface area (Å²) in [6, 6.07) is 8.88. The van der Waals surface area contributed by atoms with Crippen molar-refractivity contribution in [3.63, 3.8) is 0 Å². The summed E-state index contributed by atoms with van der Waals surface area (Å²) in [5, 5.41) is 10.2. The Bertz CT molecular complexity index is 1050. The largest absolute Gasteiger partial charge is 0.416 e. The second-order valence-corrected chi connectivity index (χ2v) is 9.84. The Balaban J connectivity index is 1.80. The number of hydrogen-bond donors (Lipinski definition) is 1. The molecule has 32 heavy (non-hydrogen) atoms. The van der Waals surface area contributed by atoms with Crippen LogP contribution in [0, 0.1) is 0 Å². The molecule has 1 amide bonds. The molecule has 0 saturated carbocycles. The number of hydroxylamine groups is 2. The fourth-order valence-corrected chi connectivity index (χ4v) is 4.92. The molecule has 1 aliphatic rings. The van der Waals surface area contributed by atoms with Crippen LogP contribution in [0.4, 0.5) is 13.2 Å². The molecule has 3 rings (SSSR count). The first-order valence-corrected chi connectivity index (χ1v) is 11.2. The Kier molecular flexibility index (Phi) is 6.66. The van der Waals surface area contributed by atoms with Crippen molar-refractivity contribution in [2.45, 2.75) is 42.9 Å². The minimum absolute atomic E-state index is 0.00898. The SMILES string of the molecule is CC1(C)OCC(C(CS(=O)(=O)c2ccc(-c3ccc(C(F)(F)F)cc3)cc2)N(O)C=O)O1. The molecule has 0 bridgehead atoms. The predicted molar refractivity (Wildman–Crippen MR) is 107 cm³/mol. The van der Waals surface area contributed by atoms with E-state index in [1.807, 2.05) is 0 Å². The lowest BCUT2D eigenvalue weighted by Gasteiger charge is -2.27. The van der Waals surface area contributed by atoms with Gasteiger partial charge in [-0.2, -0.15) is 13.2 Å². The van der Waals surface area contributed by atoms with Crippen LogP contribution >= 0.6 is 0 Å². The van der Waals surface area contributed by atoms with Crippen molar-refractivity contribution in [3.05, 3.63) is 54.1 Å². The van der Waals surface area contributed by atoms with Gasteiger partial charge in [0, 0.05) is 0 Å². The third-order valence-corrected chi connectivity index (χ3v) is 6.83. The number of ether oxygens (including phenoxy) is 2. The van der Waals surface area contributed by atoms with E-state index in [1.54, 1.807) is 13.8 Å². The van der Waals surface area contributed by atoms with Crippen LogP contribution < -0.4 is 0 Å². The molecule has 174 valence electrons. The van der Waals surface area contributed by atoms with Crippen molar-refractivity contribution in [3.8, 4) is 11.1 Å². The number of halogens is 3. The topological polar surface area (TPSA) is 93.1 Å². The van der Waals surface area contributed by atoms with Crippen LogP contribution in [0.3, 0.4) is 0 Å². The molecule has 1 aliphatic heterocycles. The summed E-state index contributed by atoms with van der Waals surface area (Å²) in [4.78, 5) is 11.0. The number of carbonyl (C=O) groups is 1. The number of carbonyl (C=O) groups excluding carboxylic acids is 1. The lowest BCUT2D eigenvalue weighted by atomic mass is 10.0. The minimum Gasteiger partial charge on any atom is -0.348 e. The van der Waals surface area contributed by atoms with Gasteiger partial charge in [-0.25, -0.2) is 13.5 Å². The van der Waals surface area contributed by atoms with Crippen LogP contribution in [0.15, 0.2) is 53.4 Å². The van der Waals surface area contributed by atoms with Gasteiger partial charge < -0.3 is 9.47 Å². The molecule has 2 unspecified atom stereocenters. The Labute approximate surface area is 183 Å². The second kappa shape index (κ2) is 8.81. The van der Waals surface area contributed by atoms with Gasteiger partial charge in [-0.05, 0) is 49.2 Å². The van der Waals surface area contributed by atoms with E-state index in [0.29, 0.717) is 11.1 Å². The van der Waals surface area contributed by atoms with Gasteiger partial charge in [0.15, 0.2) is 15.6 Å². The fourth-order valence-electron chi connectivity index (χ4n) is 3.36. The molecule has 0 aliphatic carbocycles. The maximum atomic E-state index is 12.9. The molecule has 11 heteroatoms. The van der Waals surface area contributed by atoms with Crippen molar-refractivity contribution >= 4 is 16.2 Å². The number of rotatable bonds is 7. The number of sulfone groups is 1. The third-order valence-electron chi connectivity index (χ3n) is 5.06. The summed E-state index contributed by atoms with van der Waals surface area (Å²) < 4.78 is 75.0. The maximum Gasteiger partial charge on any atom is 0.416 e. The first-order valence-electron chi connectivity index (χ1n) is 9.57. The van der Waals surface area contributed by atoms with Crippen LogP contribution in [0.25, 0.3) is 11.1 Å². The van der Waals surface area contributed by atoms with Crippen LogP contribution in [-0.4, -0.2) is 55.4 Å². The second-order valence-electron chi connectivity index (χ2n) is 7.80. The number of amides is 1. The molecule has 2 atom stereocenters. The van der Waals surface area contributed by atoms with Crippen LogP contribution in [-0.2, 0) is 30.3 Å². The zero-order valence-electron chi connectivity index (χ0n) is 17.2. The lowest BCUT2D eigenvalue weighted by molar-refractivity contribution is -0.182. The number of alkyl halides is 3. The quantitative estimate of drug-likeness (QED) is 0.376. The van der Waals surface area contributed by atoms with E-state index in [1.165, 1.54) is 36.4 Å². The zero-order chi connectivity index (χ0) is 23.7. The standard InChI is InChI=1S/C21H22F3NO6S/c1-20(2)30-11-19(31-20)18(25(27)13-26)12-32(28,29)17-9-5-15(6-10-17)14-3-7-16(8-4-14)21(22,23)24/h3-10,13,18-19,27H,11-12H2,1-2H3. The lowest BCUT2D eigenvalue weighted by Crippen LogP contribution is -2.47. The minimum atomic E-state index is -4.45. The van der Waals surface area contributed by atoms with Crippen molar-refractivity contribution in [2.75, 3.05) is 12.4 Å². The van der Waals surface area contributed by atoms with Gasteiger partial charge in [0.25, 0.3) is 0 Å². The third kappa shape index (κ3) is 5.47. The highest BCUT2D eigenvalue weighted by Gasteiger charge is 2.42. The van der Waals surface area contributed by atoms with Crippen molar-refractivity contribution < 1.29 is 41.1 Å². The van der Waals surface area contributed by atoms with Crippen molar-refractivity contribution in [1.29, 1.82) is 0 Å². The van der Waals surface area contributed by atoms with Crippen molar-refractivity contribution in [2.24, 2.45) is 0 Å². The normalized spacial score (nSPS) is 19.5. The maximum absolute atomic E-state index is 12.9. The first-order chi connectivity index (χ1) is 14.8. The molecular weight excluding hydrogens is 451 g/mol. The van der Waals surface area contributed by atoms with Gasteiger partial charge in [-0.3, -0.25) is 10.0 Å². The van der Waals surface area contributed by atoms with E-state index < -0.39 is 45.3 Å². The van der Waals surface area contributed by atoms with Crippen LogP contribution in [0.2, 0.25) is 0 Å². The van der Waals surface area contributed by atoms with Gasteiger partial charge >= 0.3 is 6.18 Å². The monoisotopic (exact) mass is 473 g/mol.